The fraction of sp³-hybridized carbons (Fsp3) is 0.364. The Labute approximate surface area is 84.8 Å². The molecule has 78 valence electrons. The van der Waals surface area contributed by atoms with Crippen molar-refractivity contribution < 1.29 is 9.90 Å². The number of aliphatic hydroxyl groups is 1. The van der Waals surface area contributed by atoms with E-state index in [1.807, 2.05) is 19.1 Å². The van der Waals surface area contributed by atoms with Crippen LogP contribution < -0.4 is 5.32 Å². The third-order valence-electron chi connectivity index (χ3n) is 1.65. The van der Waals surface area contributed by atoms with Crippen LogP contribution in [0.3, 0.4) is 0 Å². The SMILES string of the molecule is C=C(C=O)/C=C\C(=C/C)CNCCO. The summed E-state index contributed by atoms with van der Waals surface area (Å²) < 4.78 is 0. The van der Waals surface area contributed by atoms with Crippen LogP contribution in [0.1, 0.15) is 6.92 Å². The van der Waals surface area contributed by atoms with Crippen molar-refractivity contribution in [3.8, 4) is 0 Å². The summed E-state index contributed by atoms with van der Waals surface area (Å²) in [5.41, 5.74) is 1.51. The monoisotopic (exact) mass is 195 g/mol. The van der Waals surface area contributed by atoms with Crippen molar-refractivity contribution in [2.75, 3.05) is 19.7 Å². The van der Waals surface area contributed by atoms with Gasteiger partial charge in [-0.2, -0.15) is 0 Å². The minimum Gasteiger partial charge on any atom is -0.395 e. The molecule has 0 rings (SSSR count). The lowest BCUT2D eigenvalue weighted by atomic mass is 10.2. The number of allylic oxidation sites excluding steroid dienone is 3. The molecule has 0 atom stereocenters. The molecule has 0 bridgehead atoms. The standard InChI is InChI=1S/C11H17NO2/c1-3-11(8-12-6-7-13)5-4-10(2)9-14/h3-5,9,12-13H,2,6-8H2,1H3/b5-4-,11-3+. The van der Waals surface area contributed by atoms with Crippen molar-refractivity contribution in [1.29, 1.82) is 0 Å². The molecule has 0 aromatic rings. The van der Waals surface area contributed by atoms with Gasteiger partial charge in [-0.1, -0.05) is 24.8 Å². The van der Waals surface area contributed by atoms with Gasteiger partial charge in [0.15, 0.2) is 0 Å². The summed E-state index contributed by atoms with van der Waals surface area (Å²) in [4.78, 5) is 10.2. The summed E-state index contributed by atoms with van der Waals surface area (Å²) >= 11 is 0. The molecule has 0 aliphatic rings. The van der Waals surface area contributed by atoms with E-state index in [-0.39, 0.29) is 6.61 Å². The number of hydrogen-bond donors (Lipinski definition) is 2. The van der Waals surface area contributed by atoms with Gasteiger partial charge in [-0.25, -0.2) is 0 Å². The lowest BCUT2D eigenvalue weighted by molar-refractivity contribution is -0.104. The fourth-order valence-electron chi connectivity index (χ4n) is 0.822. The van der Waals surface area contributed by atoms with Gasteiger partial charge in [0, 0.05) is 18.7 Å². The molecule has 3 heteroatoms. The van der Waals surface area contributed by atoms with Gasteiger partial charge in [-0.15, -0.1) is 0 Å². The molecule has 0 aromatic heterocycles. The number of aldehydes is 1. The molecule has 0 heterocycles. The Kier molecular flexibility index (Phi) is 7.70. The summed E-state index contributed by atoms with van der Waals surface area (Å²) in [6.07, 6.45) is 6.16. The van der Waals surface area contributed by atoms with Crippen LogP contribution >= 0.6 is 0 Å². The van der Waals surface area contributed by atoms with Crippen LogP contribution in [-0.4, -0.2) is 31.1 Å². The van der Waals surface area contributed by atoms with Gasteiger partial charge < -0.3 is 10.4 Å². The molecular weight excluding hydrogens is 178 g/mol. The van der Waals surface area contributed by atoms with E-state index in [2.05, 4.69) is 11.9 Å². The molecular formula is C11H17NO2. The van der Waals surface area contributed by atoms with Crippen LogP contribution in [0.15, 0.2) is 36.0 Å². The van der Waals surface area contributed by atoms with Gasteiger partial charge >= 0.3 is 0 Å². The average Bonchev–Trinajstić information content (AvgIpc) is 2.22. The van der Waals surface area contributed by atoms with Crippen LogP contribution in [0, 0.1) is 0 Å². The van der Waals surface area contributed by atoms with Gasteiger partial charge in [0.05, 0.1) is 6.61 Å². The first-order chi connectivity index (χ1) is 6.74. The highest BCUT2D eigenvalue weighted by Crippen LogP contribution is 1.97. The average molecular weight is 195 g/mol. The van der Waals surface area contributed by atoms with E-state index in [4.69, 9.17) is 5.11 Å². The van der Waals surface area contributed by atoms with E-state index < -0.39 is 0 Å². The van der Waals surface area contributed by atoms with Crippen molar-refractivity contribution in [3.05, 3.63) is 36.0 Å². The molecule has 0 spiro atoms. The predicted octanol–water partition coefficient (Wildman–Crippen LogP) is 0.826. The molecule has 0 saturated heterocycles. The molecule has 0 amide bonds. The molecule has 0 aliphatic carbocycles. The van der Waals surface area contributed by atoms with Gasteiger partial charge in [-0.3, -0.25) is 4.79 Å². The number of nitrogens with one attached hydrogen (secondary N) is 1. The number of aliphatic hydroxyl groups excluding tert-OH is 1. The van der Waals surface area contributed by atoms with Crippen molar-refractivity contribution in [1.82, 2.24) is 5.32 Å². The molecule has 0 radical (unpaired) electrons. The Balaban J connectivity index is 3.97. The molecule has 3 nitrogen and oxygen atoms in total. The Morgan fingerprint density at radius 2 is 2.21 bits per heavy atom. The number of hydrogen-bond acceptors (Lipinski definition) is 3. The van der Waals surface area contributed by atoms with Crippen molar-refractivity contribution in [3.63, 3.8) is 0 Å². The highest BCUT2D eigenvalue weighted by atomic mass is 16.3. The second-order valence-electron chi connectivity index (χ2n) is 2.79. The molecule has 2 N–H and O–H groups in total. The van der Waals surface area contributed by atoms with E-state index in [9.17, 15) is 4.79 Å². The summed E-state index contributed by atoms with van der Waals surface area (Å²) in [6, 6.07) is 0. The number of carbonyl (C=O) groups is 1. The minimum absolute atomic E-state index is 0.127. The quantitative estimate of drug-likeness (QED) is 0.274. The van der Waals surface area contributed by atoms with Gasteiger partial charge in [0.1, 0.15) is 6.29 Å². The van der Waals surface area contributed by atoms with Gasteiger partial charge in [0.25, 0.3) is 0 Å². The Morgan fingerprint density at radius 3 is 2.71 bits per heavy atom. The predicted molar refractivity (Wildman–Crippen MR) is 58.1 cm³/mol. The van der Waals surface area contributed by atoms with Crippen molar-refractivity contribution in [2.24, 2.45) is 0 Å². The normalized spacial score (nSPS) is 12.0. The minimum atomic E-state index is 0.127. The molecule has 0 saturated carbocycles. The van der Waals surface area contributed by atoms with E-state index >= 15 is 0 Å². The van der Waals surface area contributed by atoms with Gasteiger partial charge in [0.2, 0.25) is 0 Å². The third-order valence-corrected chi connectivity index (χ3v) is 1.65. The maximum atomic E-state index is 10.2. The summed E-state index contributed by atoms with van der Waals surface area (Å²) in [5, 5.41) is 11.6. The summed E-state index contributed by atoms with van der Waals surface area (Å²) in [6.45, 7) is 6.83. The third kappa shape index (κ3) is 6.34. The van der Waals surface area contributed by atoms with Crippen molar-refractivity contribution in [2.45, 2.75) is 6.92 Å². The molecule has 0 aromatic carbocycles. The molecule has 0 fully saturated rings. The smallest absolute Gasteiger partial charge is 0.149 e. The second-order valence-corrected chi connectivity index (χ2v) is 2.79. The Morgan fingerprint density at radius 1 is 1.50 bits per heavy atom. The maximum Gasteiger partial charge on any atom is 0.149 e. The van der Waals surface area contributed by atoms with E-state index in [0.29, 0.717) is 24.9 Å². The largest absolute Gasteiger partial charge is 0.395 e. The zero-order valence-corrected chi connectivity index (χ0v) is 8.49. The van der Waals surface area contributed by atoms with Crippen LogP contribution in [0.5, 0.6) is 0 Å². The zero-order valence-electron chi connectivity index (χ0n) is 8.49. The molecule has 0 unspecified atom stereocenters. The lowest BCUT2D eigenvalue weighted by Crippen LogP contribution is -2.20. The first-order valence-corrected chi connectivity index (χ1v) is 4.53. The highest BCUT2D eigenvalue weighted by molar-refractivity contribution is 5.76. The Hall–Kier alpha value is -1.19. The van der Waals surface area contributed by atoms with Crippen LogP contribution in [0.25, 0.3) is 0 Å². The number of rotatable bonds is 7. The van der Waals surface area contributed by atoms with E-state index in [0.717, 1.165) is 5.57 Å². The first-order valence-electron chi connectivity index (χ1n) is 4.53. The lowest BCUT2D eigenvalue weighted by Gasteiger charge is -2.02. The van der Waals surface area contributed by atoms with Crippen LogP contribution in [-0.2, 0) is 4.79 Å². The van der Waals surface area contributed by atoms with E-state index in [1.165, 1.54) is 0 Å². The Bertz CT molecular complexity index is 242. The van der Waals surface area contributed by atoms with Crippen LogP contribution in [0.2, 0.25) is 0 Å². The molecule has 14 heavy (non-hydrogen) atoms. The van der Waals surface area contributed by atoms with E-state index in [1.54, 1.807) is 6.08 Å². The number of carbonyl (C=O) groups excluding carboxylic acids is 1. The topological polar surface area (TPSA) is 49.3 Å². The highest BCUT2D eigenvalue weighted by Gasteiger charge is 1.90. The maximum absolute atomic E-state index is 10.2. The second kappa shape index (κ2) is 8.41. The molecule has 0 aliphatic heterocycles. The van der Waals surface area contributed by atoms with Crippen molar-refractivity contribution >= 4 is 6.29 Å². The zero-order chi connectivity index (χ0) is 10.8. The fourth-order valence-corrected chi connectivity index (χ4v) is 0.822. The van der Waals surface area contributed by atoms with Crippen LogP contribution in [0.4, 0.5) is 0 Å². The summed E-state index contributed by atoms with van der Waals surface area (Å²) in [5.74, 6) is 0. The summed E-state index contributed by atoms with van der Waals surface area (Å²) in [7, 11) is 0. The first kappa shape index (κ1) is 12.8. The van der Waals surface area contributed by atoms with Gasteiger partial charge in [-0.05, 0) is 12.5 Å².